The van der Waals surface area contributed by atoms with E-state index in [1.807, 2.05) is 6.07 Å². The molecule has 2 rings (SSSR count). The van der Waals surface area contributed by atoms with E-state index >= 15 is 0 Å². The maximum atomic E-state index is 12.4. The molecule has 1 N–H and O–H groups in total. The van der Waals surface area contributed by atoms with Crippen molar-refractivity contribution < 1.29 is 17.8 Å². The first kappa shape index (κ1) is 18.4. The summed E-state index contributed by atoms with van der Waals surface area (Å²) in [7, 11) is -3.92. The van der Waals surface area contributed by atoms with E-state index in [0.29, 0.717) is 12.8 Å². The molecule has 0 fully saturated rings. The highest BCUT2D eigenvalue weighted by Gasteiger charge is 2.23. The molecule has 0 saturated heterocycles. The molecule has 0 aliphatic carbocycles. The third-order valence-corrected chi connectivity index (χ3v) is 5.52. The number of nitro benzene ring substituents is 1. The average molecular weight is 373 g/mol. The molecular formula is C15H17ClN2O5S. The van der Waals surface area contributed by atoms with Gasteiger partial charge in [0.25, 0.3) is 5.69 Å². The number of furan rings is 1. The molecule has 1 aromatic heterocycles. The largest absolute Gasteiger partial charge is 0.469 e. The standard InChI is InChI=1S/C15H17ClN2O5S/c1-10(5-6-12-4-3-7-23-12)17-24(21,22)13-8-14(16)11(2)15(9-13)18(19)20/h3-4,7-10,17H,5-6H2,1-2H3/t10-/m1/s1. The van der Waals surface area contributed by atoms with Crippen LogP contribution in [0.25, 0.3) is 0 Å². The highest BCUT2D eigenvalue weighted by Crippen LogP contribution is 2.29. The molecule has 24 heavy (non-hydrogen) atoms. The van der Waals surface area contributed by atoms with E-state index in [-0.39, 0.29) is 27.2 Å². The zero-order chi connectivity index (χ0) is 17.9. The van der Waals surface area contributed by atoms with E-state index in [1.54, 1.807) is 19.3 Å². The Bertz CT molecular complexity index is 834. The topological polar surface area (TPSA) is 102 Å². The third-order valence-electron chi connectivity index (χ3n) is 3.56. The quantitative estimate of drug-likeness (QED) is 0.592. The molecule has 0 saturated carbocycles. The molecule has 7 nitrogen and oxygen atoms in total. The van der Waals surface area contributed by atoms with Crippen LogP contribution in [0.1, 0.15) is 24.7 Å². The van der Waals surface area contributed by atoms with Crippen molar-refractivity contribution in [3.05, 3.63) is 57.0 Å². The summed E-state index contributed by atoms with van der Waals surface area (Å²) < 4.78 is 32.6. The van der Waals surface area contributed by atoms with Gasteiger partial charge in [-0.25, -0.2) is 13.1 Å². The van der Waals surface area contributed by atoms with Crippen molar-refractivity contribution in [3.63, 3.8) is 0 Å². The minimum Gasteiger partial charge on any atom is -0.469 e. The zero-order valence-electron chi connectivity index (χ0n) is 13.2. The lowest BCUT2D eigenvalue weighted by molar-refractivity contribution is -0.385. The van der Waals surface area contributed by atoms with Crippen LogP contribution in [0.3, 0.4) is 0 Å². The number of nitrogens with one attached hydrogen (secondary N) is 1. The molecule has 0 spiro atoms. The van der Waals surface area contributed by atoms with Gasteiger partial charge in [0.05, 0.1) is 21.1 Å². The van der Waals surface area contributed by atoms with Crippen molar-refractivity contribution in [1.29, 1.82) is 0 Å². The van der Waals surface area contributed by atoms with Gasteiger partial charge in [0.2, 0.25) is 10.0 Å². The molecule has 1 atom stereocenters. The summed E-state index contributed by atoms with van der Waals surface area (Å²) in [4.78, 5) is 10.2. The third kappa shape index (κ3) is 4.34. The van der Waals surface area contributed by atoms with Gasteiger partial charge in [-0.2, -0.15) is 0 Å². The van der Waals surface area contributed by atoms with Gasteiger partial charge in [-0.1, -0.05) is 11.6 Å². The van der Waals surface area contributed by atoms with Crippen molar-refractivity contribution in [2.75, 3.05) is 0 Å². The maximum Gasteiger partial charge on any atom is 0.275 e. The second kappa shape index (κ2) is 7.33. The number of hydrogen-bond donors (Lipinski definition) is 1. The number of aryl methyl sites for hydroxylation is 1. The Morgan fingerprint density at radius 1 is 1.42 bits per heavy atom. The molecule has 0 aliphatic rings. The number of nitro groups is 1. The Morgan fingerprint density at radius 2 is 2.12 bits per heavy atom. The van der Waals surface area contributed by atoms with Crippen LogP contribution in [0, 0.1) is 17.0 Å². The lowest BCUT2D eigenvalue weighted by atomic mass is 10.2. The molecule has 130 valence electrons. The molecule has 1 heterocycles. The first-order valence-corrected chi connectivity index (χ1v) is 9.06. The second-order valence-corrected chi connectivity index (χ2v) is 7.57. The molecule has 0 aliphatic heterocycles. The van der Waals surface area contributed by atoms with Crippen LogP contribution in [0.2, 0.25) is 5.02 Å². The fraction of sp³-hybridized carbons (Fsp3) is 0.333. The highest BCUT2D eigenvalue weighted by atomic mass is 35.5. The summed E-state index contributed by atoms with van der Waals surface area (Å²) in [5, 5.41) is 11.1. The van der Waals surface area contributed by atoms with Crippen molar-refractivity contribution in [2.45, 2.75) is 37.6 Å². The summed E-state index contributed by atoms with van der Waals surface area (Å²) in [5.74, 6) is 0.759. The molecule has 0 amide bonds. The number of nitrogens with zero attached hydrogens (tertiary/aromatic N) is 1. The summed E-state index contributed by atoms with van der Waals surface area (Å²) in [5.41, 5.74) is -0.0994. The van der Waals surface area contributed by atoms with E-state index in [0.717, 1.165) is 11.8 Å². The molecule has 2 aromatic rings. The number of sulfonamides is 1. The van der Waals surface area contributed by atoms with Gasteiger partial charge in [0, 0.05) is 24.1 Å². The van der Waals surface area contributed by atoms with Crippen LogP contribution in [0.15, 0.2) is 39.8 Å². The van der Waals surface area contributed by atoms with Crippen molar-refractivity contribution in [1.82, 2.24) is 4.72 Å². The average Bonchev–Trinajstić information content (AvgIpc) is 3.00. The summed E-state index contributed by atoms with van der Waals surface area (Å²) in [6.07, 6.45) is 2.65. The summed E-state index contributed by atoms with van der Waals surface area (Å²) >= 11 is 5.93. The van der Waals surface area contributed by atoms with Crippen LogP contribution in [0.4, 0.5) is 5.69 Å². The highest BCUT2D eigenvalue weighted by molar-refractivity contribution is 7.89. The van der Waals surface area contributed by atoms with Gasteiger partial charge >= 0.3 is 0 Å². The Hall–Kier alpha value is -1.90. The van der Waals surface area contributed by atoms with Crippen molar-refractivity contribution >= 4 is 27.3 Å². The molecule has 0 bridgehead atoms. The SMILES string of the molecule is Cc1c(Cl)cc(S(=O)(=O)N[C@H](C)CCc2ccco2)cc1[N+](=O)[O-]. The summed E-state index contributed by atoms with van der Waals surface area (Å²) in [6, 6.07) is 5.43. The predicted octanol–water partition coefficient (Wildman–Crippen LogP) is 3.45. The minimum absolute atomic E-state index is 0.0350. The number of rotatable bonds is 7. The van der Waals surface area contributed by atoms with Crippen LogP contribution in [-0.4, -0.2) is 19.4 Å². The van der Waals surface area contributed by atoms with E-state index in [2.05, 4.69) is 4.72 Å². The predicted molar refractivity (Wildman–Crippen MR) is 89.7 cm³/mol. The lowest BCUT2D eigenvalue weighted by Gasteiger charge is -2.14. The van der Waals surface area contributed by atoms with E-state index in [1.165, 1.54) is 13.0 Å². The van der Waals surface area contributed by atoms with Gasteiger partial charge in [-0.3, -0.25) is 10.1 Å². The minimum atomic E-state index is -3.92. The number of benzene rings is 1. The summed E-state index contributed by atoms with van der Waals surface area (Å²) in [6.45, 7) is 3.18. The molecule has 9 heteroatoms. The van der Waals surface area contributed by atoms with E-state index in [4.69, 9.17) is 16.0 Å². The Labute approximate surface area is 144 Å². The van der Waals surface area contributed by atoms with E-state index < -0.39 is 14.9 Å². The van der Waals surface area contributed by atoms with Crippen LogP contribution in [-0.2, 0) is 16.4 Å². The maximum absolute atomic E-state index is 12.4. The Morgan fingerprint density at radius 3 is 2.71 bits per heavy atom. The first-order valence-electron chi connectivity index (χ1n) is 7.20. The first-order chi connectivity index (χ1) is 11.2. The smallest absolute Gasteiger partial charge is 0.275 e. The zero-order valence-corrected chi connectivity index (χ0v) is 14.7. The van der Waals surface area contributed by atoms with Crippen molar-refractivity contribution in [2.24, 2.45) is 0 Å². The van der Waals surface area contributed by atoms with Crippen LogP contribution in [0.5, 0.6) is 0 Å². The normalized spacial score (nSPS) is 13.0. The fourth-order valence-corrected chi connectivity index (χ4v) is 3.79. The Balaban J connectivity index is 2.16. The Kier molecular flexibility index (Phi) is 5.63. The number of hydrogen-bond acceptors (Lipinski definition) is 5. The lowest BCUT2D eigenvalue weighted by Crippen LogP contribution is -2.33. The molecule has 1 aromatic carbocycles. The van der Waals surface area contributed by atoms with Gasteiger partial charge < -0.3 is 4.42 Å². The molecule has 0 radical (unpaired) electrons. The van der Waals surface area contributed by atoms with Crippen LogP contribution < -0.4 is 4.72 Å². The monoisotopic (exact) mass is 372 g/mol. The molecule has 0 unspecified atom stereocenters. The fourth-order valence-electron chi connectivity index (χ4n) is 2.19. The second-order valence-electron chi connectivity index (χ2n) is 5.45. The van der Waals surface area contributed by atoms with Gasteiger partial charge in [0.1, 0.15) is 5.76 Å². The molecular weight excluding hydrogens is 356 g/mol. The van der Waals surface area contributed by atoms with Gasteiger partial charge in [0.15, 0.2) is 0 Å². The van der Waals surface area contributed by atoms with Gasteiger partial charge in [-0.15, -0.1) is 0 Å². The van der Waals surface area contributed by atoms with E-state index in [9.17, 15) is 18.5 Å². The number of halogens is 1. The van der Waals surface area contributed by atoms with Gasteiger partial charge in [-0.05, 0) is 38.5 Å². The van der Waals surface area contributed by atoms with Crippen LogP contribution >= 0.6 is 11.6 Å². The van der Waals surface area contributed by atoms with Crippen molar-refractivity contribution in [3.8, 4) is 0 Å².